The average Bonchev–Trinajstić information content (AvgIpc) is 2.60. The number of ether oxygens (including phenoxy) is 2. The Kier molecular flexibility index (Phi) is 4.15. The van der Waals surface area contributed by atoms with Crippen LogP contribution >= 0.6 is 0 Å². The number of amidine groups is 1. The third-order valence-electron chi connectivity index (χ3n) is 3.63. The molecule has 0 N–H and O–H groups in total. The third kappa shape index (κ3) is 2.69. The number of anilines is 2. The largest absolute Gasteiger partial charge is 0.497 e. The third-order valence-corrected chi connectivity index (χ3v) is 4.96. The maximum absolute atomic E-state index is 12.4. The molecule has 0 unspecified atom stereocenters. The summed E-state index contributed by atoms with van der Waals surface area (Å²) in [5.41, 5.74) is 0.668. The fourth-order valence-electron chi connectivity index (χ4n) is 2.52. The fourth-order valence-corrected chi connectivity index (χ4v) is 3.73. The van der Waals surface area contributed by atoms with Crippen molar-refractivity contribution in [3.05, 3.63) is 36.5 Å². The lowest BCUT2D eigenvalue weighted by molar-refractivity contribution is 0.394. The molecule has 0 saturated heterocycles. The number of sulfonamides is 1. The molecule has 3 rings (SSSR count). The minimum Gasteiger partial charge on any atom is -0.497 e. The van der Waals surface area contributed by atoms with Gasteiger partial charge in [0, 0.05) is 30.8 Å². The van der Waals surface area contributed by atoms with Gasteiger partial charge in [-0.25, -0.2) is 4.98 Å². The lowest BCUT2D eigenvalue weighted by atomic mass is 10.2. The standard InChI is InChI=1S/C16H17N3O4S/c1-4-15-18-24(20,21)14-6-5-7-17-16(14)19(15)11-8-12(22-2)10-13(9-11)23-3/h5-10H,4H2,1-3H3. The summed E-state index contributed by atoms with van der Waals surface area (Å²) in [7, 11) is -0.643. The maximum atomic E-state index is 12.4. The number of pyridine rings is 1. The number of aromatic nitrogens is 1. The second-order valence-electron chi connectivity index (χ2n) is 5.07. The van der Waals surface area contributed by atoms with Crippen molar-refractivity contribution < 1.29 is 17.9 Å². The summed E-state index contributed by atoms with van der Waals surface area (Å²) in [5, 5.41) is 0. The predicted octanol–water partition coefficient (Wildman–Crippen LogP) is 2.75. The van der Waals surface area contributed by atoms with Gasteiger partial charge in [-0.15, -0.1) is 4.40 Å². The molecule has 1 aliphatic rings. The molecule has 0 radical (unpaired) electrons. The van der Waals surface area contributed by atoms with Crippen molar-refractivity contribution in [2.75, 3.05) is 19.1 Å². The van der Waals surface area contributed by atoms with Crippen LogP contribution in [0.3, 0.4) is 0 Å². The highest BCUT2D eigenvalue weighted by atomic mass is 32.2. The molecule has 0 saturated carbocycles. The number of rotatable bonds is 4. The van der Waals surface area contributed by atoms with Gasteiger partial charge in [0.25, 0.3) is 10.0 Å². The van der Waals surface area contributed by atoms with Gasteiger partial charge in [0.1, 0.15) is 22.2 Å². The Labute approximate surface area is 140 Å². The molecule has 1 aromatic heterocycles. The SMILES string of the molecule is CCC1=NS(=O)(=O)c2cccnc2N1c1cc(OC)cc(OC)c1. The van der Waals surface area contributed by atoms with E-state index in [1.54, 1.807) is 49.6 Å². The van der Waals surface area contributed by atoms with Crippen molar-refractivity contribution in [3.63, 3.8) is 0 Å². The van der Waals surface area contributed by atoms with E-state index >= 15 is 0 Å². The molecular formula is C16H17N3O4S. The Hall–Kier alpha value is -2.61. The van der Waals surface area contributed by atoms with Gasteiger partial charge in [-0.3, -0.25) is 4.90 Å². The van der Waals surface area contributed by atoms with Crippen LogP contribution in [0.5, 0.6) is 11.5 Å². The minimum atomic E-state index is -3.75. The summed E-state index contributed by atoms with van der Waals surface area (Å²) >= 11 is 0. The molecule has 1 aliphatic heterocycles. The van der Waals surface area contributed by atoms with Gasteiger partial charge in [-0.05, 0) is 12.1 Å². The first kappa shape index (κ1) is 16.3. The highest BCUT2D eigenvalue weighted by Gasteiger charge is 2.32. The molecule has 126 valence electrons. The van der Waals surface area contributed by atoms with E-state index in [-0.39, 0.29) is 4.90 Å². The lowest BCUT2D eigenvalue weighted by Crippen LogP contribution is -2.32. The van der Waals surface area contributed by atoms with Gasteiger partial charge in [0.2, 0.25) is 0 Å². The molecule has 8 heteroatoms. The van der Waals surface area contributed by atoms with Crippen LogP contribution in [0.4, 0.5) is 11.5 Å². The van der Waals surface area contributed by atoms with Crippen molar-refractivity contribution in [2.45, 2.75) is 18.2 Å². The van der Waals surface area contributed by atoms with E-state index in [0.29, 0.717) is 35.3 Å². The van der Waals surface area contributed by atoms with Crippen LogP contribution in [0.25, 0.3) is 0 Å². The number of hydrogen-bond donors (Lipinski definition) is 0. The van der Waals surface area contributed by atoms with Crippen LogP contribution in [-0.2, 0) is 10.0 Å². The molecule has 0 bridgehead atoms. The second-order valence-corrected chi connectivity index (χ2v) is 6.64. The lowest BCUT2D eigenvalue weighted by Gasteiger charge is -2.29. The van der Waals surface area contributed by atoms with Gasteiger partial charge < -0.3 is 9.47 Å². The van der Waals surface area contributed by atoms with Crippen molar-refractivity contribution in [2.24, 2.45) is 4.40 Å². The number of nitrogens with zero attached hydrogens (tertiary/aromatic N) is 3. The average molecular weight is 347 g/mol. The molecule has 1 aromatic carbocycles. The van der Waals surface area contributed by atoms with Gasteiger partial charge in [0.15, 0.2) is 5.82 Å². The minimum absolute atomic E-state index is 0.0731. The van der Waals surface area contributed by atoms with Crippen molar-refractivity contribution in [3.8, 4) is 11.5 Å². The van der Waals surface area contributed by atoms with E-state index < -0.39 is 10.0 Å². The van der Waals surface area contributed by atoms with Crippen LogP contribution in [0.2, 0.25) is 0 Å². The molecule has 0 amide bonds. The smallest absolute Gasteiger partial charge is 0.287 e. The molecule has 7 nitrogen and oxygen atoms in total. The number of hydrogen-bond acceptors (Lipinski definition) is 6. The van der Waals surface area contributed by atoms with Gasteiger partial charge in [-0.1, -0.05) is 6.92 Å². The fraction of sp³-hybridized carbons (Fsp3) is 0.250. The van der Waals surface area contributed by atoms with E-state index in [1.807, 2.05) is 6.92 Å². The predicted molar refractivity (Wildman–Crippen MR) is 90.8 cm³/mol. The zero-order chi connectivity index (χ0) is 17.3. The van der Waals surface area contributed by atoms with Crippen LogP contribution in [0, 0.1) is 0 Å². The maximum Gasteiger partial charge on any atom is 0.287 e. The monoisotopic (exact) mass is 347 g/mol. The van der Waals surface area contributed by atoms with Crippen molar-refractivity contribution in [1.82, 2.24) is 4.98 Å². The van der Waals surface area contributed by atoms with Crippen LogP contribution in [-0.4, -0.2) is 33.5 Å². The zero-order valence-electron chi connectivity index (χ0n) is 13.6. The molecule has 2 heterocycles. The summed E-state index contributed by atoms with van der Waals surface area (Å²) in [6.07, 6.45) is 1.98. The van der Waals surface area contributed by atoms with E-state index in [2.05, 4.69) is 9.38 Å². The summed E-state index contributed by atoms with van der Waals surface area (Å²) in [4.78, 5) is 6.05. The van der Waals surface area contributed by atoms with Gasteiger partial charge >= 0.3 is 0 Å². The molecule has 24 heavy (non-hydrogen) atoms. The Morgan fingerprint density at radius 2 is 1.79 bits per heavy atom. The molecule has 2 aromatic rings. The van der Waals surface area contributed by atoms with Crippen LogP contribution in [0.1, 0.15) is 13.3 Å². The van der Waals surface area contributed by atoms with Gasteiger partial charge in [-0.2, -0.15) is 8.42 Å². The van der Waals surface area contributed by atoms with Crippen molar-refractivity contribution in [1.29, 1.82) is 0 Å². The Bertz CT molecular complexity index is 887. The molecule has 0 fully saturated rings. The topological polar surface area (TPSA) is 81.1 Å². The molecular weight excluding hydrogens is 330 g/mol. The van der Waals surface area contributed by atoms with Crippen LogP contribution < -0.4 is 14.4 Å². The molecule has 0 atom stereocenters. The summed E-state index contributed by atoms with van der Waals surface area (Å²) in [6.45, 7) is 1.84. The van der Waals surface area contributed by atoms with Crippen molar-refractivity contribution >= 4 is 27.4 Å². The second kappa shape index (κ2) is 6.12. The van der Waals surface area contributed by atoms with Crippen LogP contribution in [0.15, 0.2) is 45.8 Å². The Morgan fingerprint density at radius 1 is 1.12 bits per heavy atom. The van der Waals surface area contributed by atoms with E-state index in [4.69, 9.17) is 9.47 Å². The number of methoxy groups -OCH3 is 2. The highest BCUT2D eigenvalue weighted by Crippen LogP contribution is 2.38. The normalized spacial score (nSPS) is 15.5. The van der Waals surface area contributed by atoms with E-state index in [1.165, 1.54) is 6.07 Å². The Balaban J connectivity index is 2.26. The zero-order valence-corrected chi connectivity index (χ0v) is 14.4. The first-order chi connectivity index (χ1) is 11.5. The molecule has 0 aliphatic carbocycles. The molecule has 0 spiro atoms. The summed E-state index contributed by atoms with van der Waals surface area (Å²) in [5.74, 6) is 1.88. The first-order valence-electron chi connectivity index (χ1n) is 7.32. The number of fused-ring (bicyclic) bond motifs is 1. The number of benzene rings is 1. The first-order valence-corrected chi connectivity index (χ1v) is 8.76. The summed E-state index contributed by atoms with van der Waals surface area (Å²) in [6, 6.07) is 8.38. The Morgan fingerprint density at radius 3 is 2.38 bits per heavy atom. The quantitative estimate of drug-likeness (QED) is 0.846. The van der Waals surface area contributed by atoms with E-state index in [9.17, 15) is 8.42 Å². The summed E-state index contributed by atoms with van der Waals surface area (Å²) < 4.78 is 39.3. The van der Waals surface area contributed by atoms with E-state index in [0.717, 1.165) is 0 Å². The highest BCUT2D eigenvalue weighted by molar-refractivity contribution is 7.90. The van der Waals surface area contributed by atoms with Gasteiger partial charge in [0.05, 0.1) is 19.9 Å².